The van der Waals surface area contributed by atoms with E-state index >= 15 is 0 Å². The second-order valence-electron chi connectivity index (χ2n) is 4.63. The average Bonchev–Trinajstić information content (AvgIpc) is 2.74. The summed E-state index contributed by atoms with van der Waals surface area (Å²) >= 11 is 0. The van der Waals surface area contributed by atoms with Crippen molar-refractivity contribution in [1.82, 2.24) is 4.98 Å². The van der Waals surface area contributed by atoms with Crippen LogP contribution in [-0.2, 0) is 0 Å². The van der Waals surface area contributed by atoms with Crippen molar-refractivity contribution < 1.29 is 14.2 Å². The molecular formula is C15H17N3O3. The molecule has 6 heteroatoms. The third kappa shape index (κ3) is 2.94. The number of rotatable bonds is 3. The Labute approximate surface area is 122 Å². The van der Waals surface area contributed by atoms with E-state index in [0.29, 0.717) is 30.6 Å². The van der Waals surface area contributed by atoms with Crippen LogP contribution in [-0.4, -0.2) is 25.3 Å². The van der Waals surface area contributed by atoms with E-state index < -0.39 is 0 Å². The maximum absolute atomic E-state index is 5.92. The molecule has 1 aliphatic rings. The zero-order chi connectivity index (χ0) is 14.7. The van der Waals surface area contributed by atoms with Gasteiger partial charge in [0, 0.05) is 24.2 Å². The van der Waals surface area contributed by atoms with E-state index in [-0.39, 0.29) is 0 Å². The first-order valence-corrected chi connectivity index (χ1v) is 6.73. The first-order chi connectivity index (χ1) is 10.3. The Morgan fingerprint density at radius 3 is 2.76 bits per heavy atom. The van der Waals surface area contributed by atoms with E-state index in [9.17, 15) is 0 Å². The maximum Gasteiger partial charge on any atom is 0.215 e. The van der Waals surface area contributed by atoms with Crippen LogP contribution in [0.3, 0.4) is 0 Å². The first-order valence-electron chi connectivity index (χ1n) is 6.73. The van der Waals surface area contributed by atoms with Crippen LogP contribution in [0.4, 0.5) is 17.2 Å². The molecule has 0 aliphatic carbocycles. The van der Waals surface area contributed by atoms with Gasteiger partial charge in [-0.1, -0.05) is 0 Å². The Morgan fingerprint density at radius 1 is 1.14 bits per heavy atom. The monoisotopic (exact) mass is 287 g/mol. The number of aromatic nitrogens is 1. The van der Waals surface area contributed by atoms with Crippen LogP contribution in [0.15, 0.2) is 30.3 Å². The molecule has 0 saturated carbocycles. The number of pyridine rings is 1. The SMILES string of the molecule is COc1ccc(N)c(Nc2ccc3c(c2)OCCCO3)n1. The molecule has 0 spiro atoms. The van der Waals surface area contributed by atoms with Gasteiger partial charge in [0.25, 0.3) is 0 Å². The Hall–Kier alpha value is -2.63. The minimum Gasteiger partial charge on any atom is -0.490 e. The summed E-state index contributed by atoms with van der Waals surface area (Å²) in [5.41, 5.74) is 7.29. The Kier molecular flexibility index (Phi) is 3.68. The van der Waals surface area contributed by atoms with Gasteiger partial charge in [-0.2, -0.15) is 4.98 Å². The number of benzene rings is 1. The fourth-order valence-corrected chi connectivity index (χ4v) is 2.04. The molecule has 1 aromatic carbocycles. The first kappa shape index (κ1) is 13.4. The molecule has 6 nitrogen and oxygen atoms in total. The molecule has 1 aliphatic heterocycles. The van der Waals surface area contributed by atoms with Gasteiger partial charge in [0.15, 0.2) is 17.3 Å². The standard InChI is InChI=1S/C15H17N3O3/c1-19-14-6-4-11(16)15(18-14)17-10-3-5-12-13(9-10)21-8-2-7-20-12/h3-6,9H,2,7-8,16H2,1H3,(H,17,18). The number of anilines is 3. The predicted octanol–water partition coefficient (Wildman–Crippen LogP) is 2.58. The molecule has 0 fully saturated rings. The number of nitrogens with zero attached hydrogens (tertiary/aromatic N) is 1. The van der Waals surface area contributed by atoms with Crippen LogP contribution in [0.2, 0.25) is 0 Å². The van der Waals surface area contributed by atoms with E-state index in [2.05, 4.69) is 10.3 Å². The minimum absolute atomic E-state index is 0.501. The molecule has 3 N–H and O–H groups in total. The van der Waals surface area contributed by atoms with Crippen LogP contribution in [0, 0.1) is 0 Å². The number of methoxy groups -OCH3 is 1. The number of hydrogen-bond acceptors (Lipinski definition) is 6. The molecule has 0 bridgehead atoms. The molecule has 0 unspecified atom stereocenters. The fraction of sp³-hybridized carbons (Fsp3) is 0.267. The van der Waals surface area contributed by atoms with Crippen LogP contribution in [0.25, 0.3) is 0 Å². The van der Waals surface area contributed by atoms with Crippen molar-refractivity contribution >= 4 is 17.2 Å². The summed E-state index contributed by atoms with van der Waals surface area (Å²) in [6.07, 6.45) is 0.877. The predicted molar refractivity (Wildman–Crippen MR) is 80.5 cm³/mol. The lowest BCUT2D eigenvalue weighted by molar-refractivity contribution is 0.297. The molecular weight excluding hydrogens is 270 g/mol. The molecule has 2 aromatic rings. The summed E-state index contributed by atoms with van der Waals surface area (Å²) in [5.74, 6) is 2.52. The zero-order valence-electron chi connectivity index (χ0n) is 11.8. The number of nitrogen functional groups attached to an aromatic ring is 1. The van der Waals surface area contributed by atoms with E-state index in [0.717, 1.165) is 23.6 Å². The van der Waals surface area contributed by atoms with Crippen molar-refractivity contribution in [3.63, 3.8) is 0 Å². The minimum atomic E-state index is 0.501. The van der Waals surface area contributed by atoms with Gasteiger partial charge in [-0.05, 0) is 18.2 Å². The largest absolute Gasteiger partial charge is 0.490 e. The van der Waals surface area contributed by atoms with Crippen molar-refractivity contribution in [2.45, 2.75) is 6.42 Å². The highest BCUT2D eigenvalue weighted by Crippen LogP contribution is 2.34. The van der Waals surface area contributed by atoms with Crippen LogP contribution >= 0.6 is 0 Å². The lowest BCUT2D eigenvalue weighted by Gasteiger charge is -2.12. The average molecular weight is 287 g/mol. The quantitative estimate of drug-likeness (QED) is 0.903. The van der Waals surface area contributed by atoms with Gasteiger partial charge in [0.1, 0.15) is 0 Å². The van der Waals surface area contributed by atoms with Crippen molar-refractivity contribution in [1.29, 1.82) is 0 Å². The normalized spacial score (nSPS) is 13.4. The smallest absolute Gasteiger partial charge is 0.215 e. The van der Waals surface area contributed by atoms with Crippen LogP contribution in [0.5, 0.6) is 17.4 Å². The van der Waals surface area contributed by atoms with E-state index in [1.807, 2.05) is 18.2 Å². The highest BCUT2D eigenvalue weighted by Gasteiger charge is 2.11. The van der Waals surface area contributed by atoms with E-state index in [4.69, 9.17) is 19.9 Å². The van der Waals surface area contributed by atoms with Crippen molar-refractivity contribution in [3.8, 4) is 17.4 Å². The highest BCUT2D eigenvalue weighted by atomic mass is 16.5. The molecule has 110 valence electrons. The van der Waals surface area contributed by atoms with Gasteiger partial charge in [-0.25, -0.2) is 0 Å². The molecule has 21 heavy (non-hydrogen) atoms. The number of nitrogens with two attached hydrogens (primary N) is 1. The van der Waals surface area contributed by atoms with Gasteiger partial charge < -0.3 is 25.3 Å². The summed E-state index contributed by atoms with van der Waals surface area (Å²) < 4.78 is 16.4. The summed E-state index contributed by atoms with van der Waals surface area (Å²) in [5, 5.41) is 3.17. The van der Waals surface area contributed by atoms with Crippen molar-refractivity contribution in [2.24, 2.45) is 0 Å². The summed E-state index contributed by atoms with van der Waals surface area (Å²) in [6, 6.07) is 9.11. The maximum atomic E-state index is 5.92. The third-order valence-corrected chi connectivity index (χ3v) is 3.12. The van der Waals surface area contributed by atoms with Gasteiger partial charge in [-0.15, -0.1) is 0 Å². The number of ether oxygens (including phenoxy) is 3. The summed E-state index contributed by atoms with van der Waals surface area (Å²) in [7, 11) is 1.57. The number of hydrogen-bond donors (Lipinski definition) is 2. The van der Waals surface area contributed by atoms with Gasteiger partial charge in [0.05, 0.1) is 26.0 Å². The van der Waals surface area contributed by atoms with Crippen LogP contribution in [0.1, 0.15) is 6.42 Å². The lowest BCUT2D eigenvalue weighted by atomic mass is 10.2. The molecule has 3 rings (SSSR count). The molecule has 0 radical (unpaired) electrons. The Bertz CT molecular complexity index is 646. The summed E-state index contributed by atoms with van der Waals surface area (Å²) in [6.45, 7) is 1.32. The van der Waals surface area contributed by atoms with Crippen LogP contribution < -0.4 is 25.3 Å². The Balaban J connectivity index is 1.86. The second-order valence-corrected chi connectivity index (χ2v) is 4.63. The van der Waals surface area contributed by atoms with Crippen molar-refractivity contribution in [2.75, 3.05) is 31.4 Å². The fourth-order valence-electron chi connectivity index (χ4n) is 2.04. The van der Waals surface area contributed by atoms with Gasteiger partial charge in [0.2, 0.25) is 5.88 Å². The topological polar surface area (TPSA) is 78.6 Å². The highest BCUT2D eigenvalue weighted by molar-refractivity contribution is 5.70. The molecule has 0 amide bonds. The van der Waals surface area contributed by atoms with E-state index in [1.165, 1.54) is 0 Å². The Morgan fingerprint density at radius 2 is 1.95 bits per heavy atom. The zero-order valence-corrected chi connectivity index (χ0v) is 11.8. The summed E-state index contributed by atoms with van der Waals surface area (Å²) in [4.78, 5) is 4.29. The van der Waals surface area contributed by atoms with E-state index in [1.54, 1.807) is 19.2 Å². The van der Waals surface area contributed by atoms with Gasteiger partial charge in [-0.3, -0.25) is 0 Å². The lowest BCUT2D eigenvalue weighted by Crippen LogP contribution is -2.01. The number of fused-ring (bicyclic) bond motifs is 1. The van der Waals surface area contributed by atoms with Gasteiger partial charge >= 0.3 is 0 Å². The molecule has 1 aromatic heterocycles. The number of nitrogens with one attached hydrogen (secondary N) is 1. The molecule has 2 heterocycles. The van der Waals surface area contributed by atoms with Crippen molar-refractivity contribution in [3.05, 3.63) is 30.3 Å². The second kappa shape index (κ2) is 5.78. The molecule has 0 saturated heterocycles. The third-order valence-electron chi connectivity index (χ3n) is 3.12. The molecule has 0 atom stereocenters.